The first-order chi connectivity index (χ1) is 8.29. The predicted molar refractivity (Wildman–Crippen MR) is 71.6 cm³/mol. The van der Waals surface area contributed by atoms with E-state index in [2.05, 4.69) is 29.9 Å². The Morgan fingerprint density at radius 1 is 1.35 bits per heavy atom. The van der Waals surface area contributed by atoms with Gasteiger partial charge in [0.1, 0.15) is 0 Å². The molecule has 1 aromatic heterocycles. The molecule has 1 aliphatic carbocycles. The van der Waals surface area contributed by atoms with Crippen molar-refractivity contribution >= 4 is 11.3 Å². The van der Waals surface area contributed by atoms with Gasteiger partial charge in [-0.15, -0.1) is 11.3 Å². The van der Waals surface area contributed by atoms with Crippen LogP contribution in [0, 0.1) is 5.41 Å². The predicted octanol–water partition coefficient (Wildman–Crippen LogP) is 2.80. The van der Waals surface area contributed by atoms with Crippen molar-refractivity contribution < 1.29 is 4.74 Å². The van der Waals surface area contributed by atoms with E-state index in [0.717, 1.165) is 19.8 Å². The van der Waals surface area contributed by atoms with E-state index in [0.29, 0.717) is 10.8 Å². The first kappa shape index (κ1) is 11.7. The molecule has 0 bridgehead atoms. The van der Waals surface area contributed by atoms with Crippen LogP contribution < -0.4 is 5.32 Å². The van der Waals surface area contributed by atoms with Crippen LogP contribution in [0.3, 0.4) is 0 Å². The minimum absolute atomic E-state index is 0.417. The molecule has 0 radical (unpaired) electrons. The second kappa shape index (κ2) is 4.38. The molecule has 0 amide bonds. The summed E-state index contributed by atoms with van der Waals surface area (Å²) in [4.78, 5) is 1.57. The molecule has 17 heavy (non-hydrogen) atoms. The molecule has 2 fully saturated rings. The van der Waals surface area contributed by atoms with Crippen molar-refractivity contribution in [2.45, 2.75) is 31.1 Å². The van der Waals surface area contributed by atoms with Crippen LogP contribution in [0.2, 0.25) is 0 Å². The quantitative estimate of drug-likeness (QED) is 0.892. The first-order valence-electron chi connectivity index (χ1n) is 6.55. The number of likely N-dealkylation sites (N-methyl/N-ethyl adjacent to an activating group) is 1. The topological polar surface area (TPSA) is 21.3 Å². The lowest BCUT2D eigenvalue weighted by molar-refractivity contribution is -0.0721. The molecule has 1 saturated carbocycles. The molecule has 1 saturated heterocycles. The lowest BCUT2D eigenvalue weighted by Gasteiger charge is -2.58. The molecule has 2 nitrogen and oxygen atoms in total. The average molecular weight is 251 g/mol. The van der Waals surface area contributed by atoms with E-state index in [-0.39, 0.29) is 0 Å². The molecule has 0 unspecified atom stereocenters. The Morgan fingerprint density at radius 3 is 2.71 bits per heavy atom. The molecule has 0 atom stereocenters. The van der Waals surface area contributed by atoms with Crippen molar-refractivity contribution in [3.05, 3.63) is 22.4 Å². The van der Waals surface area contributed by atoms with Gasteiger partial charge in [-0.1, -0.05) is 6.07 Å². The van der Waals surface area contributed by atoms with Crippen LogP contribution in [0.15, 0.2) is 17.5 Å². The van der Waals surface area contributed by atoms with Crippen LogP contribution in [0.25, 0.3) is 0 Å². The van der Waals surface area contributed by atoms with Crippen molar-refractivity contribution in [1.29, 1.82) is 0 Å². The van der Waals surface area contributed by atoms with Gasteiger partial charge in [0.05, 0.1) is 0 Å². The highest BCUT2D eigenvalue weighted by atomic mass is 32.1. The summed E-state index contributed by atoms with van der Waals surface area (Å²) < 4.78 is 5.51. The van der Waals surface area contributed by atoms with Gasteiger partial charge in [0.2, 0.25) is 0 Å². The Hall–Kier alpha value is -0.380. The van der Waals surface area contributed by atoms with Crippen molar-refractivity contribution in [2.24, 2.45) is 5.41 Å². The Morgan fingerprint density at radius 2 is 2.12 bits per heavy atom. The zero-order chi connectivity index (χ0) is 11.8. The third-order valence-electron chi connectivity index (χ3n) is 4.54. The second-order valence-electron chi connectivity index (χ2n) is 5.75. The second-order valence-corrected chi connectivity index (χ2v) is 6.70. The van der Waals surface area contributed by atoms with Gasteiger partial charge in [-0.25, -0.2) is 0 Å². The maximum Gasteiger partial charge on any atom is 0.0471 e. The monoisotopic (exact) mass is 251 g/mol. The molecule has 3 rings (SSSR count). The third-order valence-corrected chi connectivity index (χ3v) is 5.66. The van der Waals surface area contributed by atoms with E-state index in [4.69, 9.17) is 4.74 Å². The van der Waals surface area contributed by atoms with Gasteiger partial charge in [0.15, 0.2) is 0 Å². The van der Waals surface area contributed by atoms with E-state index in [1.54, 1.807) is 4.88 Å². The van der Waals surface area contributed by atoms with E-state index >= 15 is 0 Å². The number of hydrogen-bond donors (Lipinski definition) is 1. The van der Waals surface area contributed by atoms with Gasteiger partial charge < -0.3 is 10.1 Å². The van der Waals surface area contributed by atoms with Crippen molar-refractivity contribution in [3.63, 3.8) is 0 Å². The molecule has 1 aromatic rings. The molecule has 2 heterocycles. The molecule has 1 aliphatic heterocycles. The van der Waals surface area contributed by atoms with E-state index in [9.17, 15) is 0 Å². The summed E-state index contributed by atoms with van der Waals surface area (Å²) in [7, 11) is 2.07. The Balaban J connectivity index is 1.77. The summed E-state index contributed by atoms with van der Waals surface area (Å²) in [5.41, 5.74) is 1.01. The molecule has 2 aliphatic rings. The number of nitrogens with one attached hydrogen (secondary N) is 1. The first-order valence-corrected chi connectivity index (χ1v) is 7.43. The standard InChI is InChI=1S/C14H21NOS/c1-15-11-14(12-3-2-8-17-12)9-13(10-14)4-6-16-7-5-13/h2-3,8,15H,4-7,9-11H2,1H3. The fraction of sp³-hybridized carbons (Fsp3) is 0.714. The lowest BCUT2D eigenvalue weighted by Crippen LogP contribution is -2.55. The largest absolute Gasteiger partial charge is 0.381 e. The molecule has 94 valence electrons. The van der Waals surface area contributed by atoms with Gasteiger partial charge >= 0.3 is 0 Å². The van der Waals surface area contributed by atoms with E-state index < -0.39 is 0 Å². The van der Waals surface area contributed by atoms with Crippen molar-refractivity contribution in [2.75, 3.05) is 26.8 Å². The number of rotatable bonds is 3. The maximum atomic E-state index is 5.51. The molecular weight excluding hydrogens is 230 g/mol. The summed E-state index contributed by atoms with van der Waals surface area (Å²) in [6.45, 7) is 3.07. The summed E-state index contributed by atoms with van der Waals surface area (Å²) in [6.07, 6.45) is 5.24. The molecule has 0 aromatic carbocycles. The smallest absolute Gasteiger partial charge is 0.0471 e. The summed E-state index contributed by atoms with van der Waals surface area (Å²) in [5, 5.41) is 5.61. The maximum absolute atomic E-state index is 5.51. The minimum atomic E-state index is 0.417. The van der Waals surface area contributed by atoms with Gasteiger partial charge in [0, 0.05) is 30.1 Å². The van der Waals surface area contributed by atoms with Crippen LogP contribution in [-0.2, 0) is 10.2 Å². The van der Waals surface area contributed by atoms with E-state index in [1.165, 1.54) is 25.7 Å². The highest BCUT2D eigenvalue weighted by Crippen LogP contribution is 2.60. The van der Waals surface area contributed by atoms with Crippen molar-refractivity contribution in [1.82, 2.24) is 5.32 Å². The van der Waals surface area contributed by atoms with Crippen LogP contribution in [0.1, 0.15) is 30.6 Å². The van der Waals surface area contributed by atoms with Gasteiger partial charge in [-0.2, -0.15) is 0 Å². The number of ether oxygens (including phenoxy) is 1. The van der Waals surface area contributed by atoms with Gasteiger partial charge in [-0.3, -0.25) is 0 Å². The Kier molecular flexibility index (Phi) is 3.01. The fourth-order valence-corrected chi connectivity index (χ4v) is 4.77. The van der Waals surface area contributed by atoms with Crippen LogP contribution in [0.4, 0.5) is 0 Å². The SMILES string of the molecule is CNCC1(c2cccs2)CC2(CCOCC2)C1. The third kappa shape index (κ3) is 1.94. The molecule has 1 spiro atoms. The molecule has 3 heteroatoms. The van der Waals surface area contributed by atoms with Gasteiger partial charge in [0.25, 0.3) is 0 Å². The van der Waals surface area contributed by atoms with Crippen LogP contribution in [-0.4, -0.2) is 26.8 Å². The van der Waals surface area contributed by atoms with Gasteiger partial charge in [-0.05, 0) is 49.6 Å². The summed E-state index contributed by atoms with van der Waals surface area (Å²) in [6, 6.07) is 4.50. The van der Waals surface area contributed by atoms with Crippen LogP contribution >= 0.6 is 11.3 Å². The Labute approximate surface area is 107 Å². The summed E-state index contributed by atoms with van der Waals surface area (Å²) in [5.74, 6) is 0. The molecular formula is C14H21NOS. The lowest BCUT2D eigenvalue weighted by atomic mass is 9.49. The highest BCUT2D eigenvalue weighted by Gasteiger charge is 2.55. The minimum Gasteiger partial charge on any atom is -0.381 e. The average Bonchev–Trinajstić information content (AvgIpc) is 2.82. The fourth-order valence-electron chi connectivity index (χ4n) is 3.85. The Bertz CT molecular complexity index is 360. The summed E-state index contributed by atoms with van der Waals surface area (Å²) >= 11 is 1.92. The van der Waals surface area contributed by atoms with Crippen LogP contribution in [0.5, 0.6) is 0 Å². The van der Waals surface area contributed by atoms with E-state index in [1.807, 2.05) is 11.3 Å². The molecule has 1 N–H and O–H groups in total. The number of hydrogen-bond acceptors (Lipinski definition) is 3. The highest BCUT2D eigenvalue weighted by molar-refractivity contribution is 7.10. The zero-order valence-corrected chi connectivity index (χ0v) is 11.3. The zero-order valence-electron chi connectivity index (χ0n) is 10.5. The number of thiophene rings is 1. The van der Waals surface area contributed by atoms with Crippen molar-refractivity contribution in [3.8, 4) is 0 Å². The normalized spacial score (nSPS) is 25.7.